The van der Waals surface area contributed by atoms with Crippen LogP contribution in [0.3, 0.4) is 0 Å². The molecule has 2 unspecified atom stereocenters. The van der Waals surface area contributed by atoms with E-state index in [-0.39, 0.29) is 0 Å². The van der Waals surface area contributed by atoms with E-state index in [1.54, 1.807) is 0 Å². The van der Waals surface area contributed by atoms with E-state index in [0.717, 1.165) is 45.4 Å². The van der Waals surface area contributed by atoms with Gasteiger partial charge in [0.05, 0.1) is 19.0 Å². The normalized spacial score (nSPS) is 30.8. The first-order valence-corrected chi connectivity index (χ1v) is 7.36. The molecule has 2 atom stereocenters. The molecule has 0 aromatic carbocycles. The third kappa shape index (κ3) is 3.10. The predicted molar refractivity (Wildman–Crippen MR) is 75.8 cm³/mol. The summed E-state index contributed by atoms with van der Waals surface area (Å²) in [6.07, 6.45) is 10.0. The maximum absolute atomic E-state index is 5.98. The van der Waals surface area contributed by atoms with Crippen LogP contribution < -0.4 is 0 Å². The zero-order chi connectivity index (χ0) is 13.1. The van der Waals surface area contributed by atoms with Crippen molar-refractivity contribution in [3.63, 3.8) is 0 Å². The zero-order valence-corrected chi connectivity index (χ0v) is 11.7. The van der Waals surface area contributed by atoms with Gasteiger partial charge < -0.3 is 9.47 Å². The maximum Gasteiger partial charge on any atom is 0.100 e. The van der Waals surface area contributed by atoms with Gasteiger partial charge in [-0.05, 0) is 30.9 Å². The van der Waals surface area contributed by atoms with Gasteiger partial charge in [0.15, 0.2) is 0 Å². The highest BCUT2D eigenvalue weighted by Crippen LogP contribution is 2.51. The second kappa shape index (κ2) is 5.93. The van der Waals surface area contributed by atoms with Crippen molar-refractivity contribution in [3.05, 3.63) is 35.6 Å². The molecule has 0 spiro atoms. The molecule has 0 radical (unpaired) electrons. The van der Waals surface area contributed by atoms with Crippen molar-refractivity contribution in [1.82, 2.24) is 4.90 Å². The van der Waals surface area contributed by atoms with Crippen molar-refractivity contribution in [2.24, 2.45) is 11.8 Å². The van der Waals surface area contributed by atoms with Gasteiger partial charge in [0.25, 0.3) is 0 Å². The van der Waals surface area contributed by atoms with Gasteiger partial charge in [-0.15, -0.1) is 0 Å². The predicted octanol–water partition coefficient (Wildman–Crippen LogP) is 2.37. The molecule has 1 saturated carbocycles. The van der Waals surface area contributed by atoms with E-state index in [9.17, 15) is 0 Å². The zero-order valence-electron chi connectivity index (χ0n) is 11.7. The van der Waals surface area contributed by atoms with Crippen LogP contribution in [0.4, 0.5) is 0 Å². The smallest absolute Gasteiger partial charge is 0.100 e. The molecule has 1 heterocycles. The molecule has 3 rings (SSSR count). The number of rotatable bonds is 5. The highest BCUT2D eigenvalue weighted by Gasteiger charge is 2.44. The fourth-order valence-corrected chi connectivity index (χ4v) is 2.95. The van der Waals surface area contributed by atoms with Crippen LogP contribution in [0.15, 0.2) is 35.6 Å². The topological polar surface area (TPSA) is 21.7 Å². The average Bonchev–Trinajstić information content (AvgIpc) is 3.23. The lowest BCUT2D eigenvalue weighted by Gasteiger charge is -2.26. The van der Waals surface area contributed by atoms with Crippen molar-refractivity contribution in [2.45, 2.75) is 13.3 Å². The van der Waals surface area contributed by atoms with Crippen LogP contribution in [0.5, 0.6) is 0 Å². The number of nitrogens with zero attached hydrogens (tertiary/aromatic N) is 1. The molecule has 0 aromatic heterocycles. The quantitative estimate of drug-likeness (QED) is 0.758. The van der Waals surface area contributed by atoms with Gasteiger partial charge in [-0.2, -0.15) is 0 Å². The average molecular weight is 261 g/mol. The number of morpholine rings is 1. The summed E-state index contributed by atoms with van der Waals surface area (Å²) >= 11 is 0. The summed E-state index contributed by atoms with van der Waals surface area (Å²) in [4.78, 5) is 2.42. The van der Waals surface area contributed by atoms with E-state index in [0.29, 0.717) is 5.92 Å². The van der Waals surface area contributed by atoms with Crippen LogP contribution in [-0.4, -0.2) is 44.4 Å². The molecule has 3 heteroatoms. The molecule has 1 aliphatic heterocycles. The van der Waals surface area contributed by atoms with Gasteiger partial charge in [-0.3, -0.25) is 4.90 Å². The van der Waals surface area contributed by atoms with Gasteiger partial charge in [0.2, 0.25) is 0 Å². The minimum atomic E-state index is 0.654. The van der Waals surface area contributed by atoms with Crippen LogP contribution in [0.1, 0.15) is 13.3 Å². The number of hydrogen-bond donors (Lipinski definition) is 0. The molecule has 1 saturated heterocycles. The highest BCUT2D eigenvalue weighted by atomic mass is 16.5. The van der Waals surface area contributed by atoms with Gasteiger partial charge in [0.1, 0.15) is 6.61 Å². The second-order valence-electron chi connectivity index (χ2n) is 5.49. The number of fused-ring (bicyclic) bond motifs is 1. The van der Waals surface area contributed by atoms with Crippen LogP contribution in [0, 0.1) is 11.8 Å². The molecule has 104 valence electrons. The molecule has 2 aliphatic carbocycles. The Morgan fingerprint density at radius 3 is 2.95 bits per heavy atom. The van der Waals surface area contributed by atoms with Crippen LogP contribution >= 0.6 is 0 Å². The van der Waals surface area contributed by atoms with Crippen molar-refractivity contribution >= 4 is 0 Å². The second-order valence-corrected chi connectivity index (χ2v) is 5.49. The monoisotopic (exact) mass is 261 g/mol. The van der Waals surface area contributed by atoms with Crippen LogP contribution in [0.2, 0.25) is 0 Å². The Morgan fingerprint density at radius 1 is 1.32 bits per heavy atom. The Bertz CT molecular complexity index is 405. The molecule has 19 heavy (non-hydrogen) atoms. The Hall–Kier alpha value is -1.06. The van der Waals surface area contributed by atoms with Crippen LogP contribution in [-0.2, 0) is 9.47 Å². The number of ether oxygens (including phenoxy) is 2. The Labute approximate surface area is 115 Å². The number of allylic oxidation sites excluding steroid dienone is 6. The van der Waals surface area contributed by atoms with Gasteiger partial charge in [0, 0.05) is 25.6 Å². The van der Waals surface area contributed by atoms with Crippen molar-refractivity contribution in [2.75, 3.05) is 39.5 Å². The van der Waals surface area contributed by atoms with Gasteiger partial charge in [-0.1, -0.05) is 18.2 Å². The van der Waals surface area contributed by atoms with E-state index >= 15 is 0 Å². The first-order chi connectivity index (χ1) is 9.38. The lowest BCUT2D eigenvalue weighted by molar-refractivity contribution is 0.0266. The number of hydrogen-bond acceptors (Lipinski definition) is 3. The maximum atomic E-state index is 5.98. The summed E-state index contributed by atoms with van der Waals surface area (Å²) in [5.41, 5.74) is 1.47. The summed E-state index contributed by atoms with van der Waals surface area (Å²) in [5.74, 6) is 2.58. The van der Waals surface area contributed by atoms with E-state index < -0.39 is 0 Å². The molecular weight excluding hydrogens is 238 g/mol. The Balaban J connectivity index is 1.46. The summed E-state index contributed by atoms with van der Waals surface area (Å²) in [6.45, 7) is 7.72. The summed E-state index contributed by atoms with van der Waals surface area (Å²) in [6, 6.07) is 0. The highest BCUT2D eigenvalue weighted by molar-refractivity contribution is 5.39. The van der Waals surface area contributed by atoms with E-state index in [1.807, 2.05) is 0 Å². The SMILES string of the molecule is C/C=C/C1=CC=C(OCCN2CCOCC2)C2CC12. The summed E-state index contributed by atoms with van der Waals surface area (Å²) in [5, 5.41) is 0. The molecule has 0 bridgehead atoms. The van der Waals surface area contributed by atoms with Gasteiger partial charge in [-0.25, -0.2) is 0 Å². The molecule has 3 aliphatic rings. The van der Waals surface area contributed by atoms with E-state index in [4.69, 9.17) is 9.47 Å². The van der Waals surface area contributed by atoms with E-state index in [2.05, 4.69) is 36.1 Å². The Morgan fingerprint density at radius 2 is 2.16 bits per heavy atom. The molecular formula is C16H23NO2. The lowest BCUT2D eigenvalue weighted by atomic mass is 10.0. The van der Waals surface area contributed by atoms with E-state index in [1.165, 1.54) is 17.8 Å². The molecule has 3 nitrogen and oxygen atoms in total. The third-order valence-electron chi connectivity index (χ3n) is 4.16. The molecule has 0 aromatic rings. The minimum Gasteiger partial charge on any atom is -0.496 e. The van der Waals surface area contributed by atoms with Crippen LogP contribution in [0.25, 0.3) is 0 Å². The Kier molecular flexibility index (Phi) is 4.04. The lowest BCUT2D eigenvalue weighted by Crippen LogP contribution is -2.38. The first kappa shape index (κ1) is 12.9. The van der Waals surface area contributed by atoms with Crippen molar-refractivity contribution < 1.29 is 9.47 Å². The van der Waals surface area contributed by atoms with Crippen molar-refractivity contribution in [3.8, 4) is 0 Å². The third-order valence-corrected chi connectivity index (χ3v) is 4.16. The minimum absolute atomic E-state index is 0.654. The van der Waals surface area contributed by atoms with Crippen molar-refractivity contribution in [1.29, 1.82) is 0 Å². The fraction of sp³-hybridized carbons (Fsp3) is 0.625. The largest absolute Gasteiger partial charge is 0.496 e. The standard InChI is InChI=1S/C16H23NO2/c1-2-3-13-4-5-16(15-12-14(13)15)19-11-8-17-6-9-18-10-7-17/h2-5,14-15H,6-12H2,1H3/b3-2+. The molecule has 2 fully saturated rings. The first-order valence-electron chi connectivity index (χ1n) is 7.36. The molecule has 0 N–H and O–H groups in total. The van der Waals surface area contributed by atoms with Gasteiger partial charge >= 0.3 is 0 Å². The summed E-state index contributed by atoms with van der Waals surface area (Å²) < 4.78 is 11.3. The summed E-state index contributed by atoms with van der Waals surface area (Å²) in [7, 11) is 0. The fourth-order valence-electron chi connectivity index (χ4n) is 2.95. The molecule has 0 amide bonds.